The Morgan fingerprint density at radius 2 is 1.97 bits per heavy atom. The number of halogens is 1. The smallest absolute Gasteiger partial charge is 0.294 e. The number of nitro benzene ring substituents is 1. The van der Waals surface area contributed by atoms with E-state index in [1.54, 1.807) is 18.3 Å². The van der Waals surface area contributed by atoms with Crippen molar-refractivity contribution in [3.8, 4) is 5.75 Å². The third-order valence-corrected chi connectivity index (χ3v) is 5.87. The SMILES string of the molecule is CCC(CNc1c(C(=O)NC)cc(Br)cc1[N+](=O)[O-])CC(=O)c1cncc2cc(O)ccc12. The predicted molar refractivity (Wildman–Crippen MR) is 129 cm³/mol. The Labute approximate surface area is 198 Å². The van der Waals surface area contributed by atoms with Crippen LogP contribution in [0.2, 0.25) is 0 Å². The average Bonchev–Trinajstić information content (AvgIpc) is 2.80. The summed E-state index contributed by atoms with van der Waals surface area (Å²) in [6.07, 6.45) is 3.91. The normalized spacial score (nSPS) is 11.7. The van der Waals surface area contributed by atoms with E-state index in [-0.39, 0.29) is 47.4 Å². The highest BCUT2D eigenvalue weighted by Crippen LogP contribution is 2.33. The molecule has 3 rings (SSSR count). The van der Waals surface area contributed by atoms with E-state index in [4.69, 9.17) is 0 Å². The van der Waals surface area contributed by atoms with Gasteiger partial charge in [-0.3, -0.25) is 24.7 Å². The van der Waals surface area contributed by atoms with Crippen molar-refractivity contribution in [1.29, 1.82) is 0 Å². The molecule has 3 N–H and O–H groups in total. The number of pyridine rings is 1. The summed E-state index contributed by atoms with van der Waals surface area (Å²) in [6.45, 7) is 2.18. The maximum atomic E-state index is 13.1. The van der Waals surface area contributed by atoms with Gasteiger partial charge in [0.1, 0.15) is 11.4 Å². The van der Waals surface area contributed by atoms with Crippen molar-refractivity contribution in [1.82, 2.24) is 10.3 Å². The molecule has 172 valence electrons. The van der Waals surface area contributed by atoms with Gasteiger partial charge in [0, 0.05) is 53.9 Å². The molecule has 0 aliphatic carbocycles. The topological polar surface area (TPSA) is 134 Å². The van der Waals surface area contributed by atoms with Gasteiger partial charge < -0.3 is 15.7 Å². The van der Waals surface area contributed by atoms with Crippen LogP contribution >= 0.6 is 15.9 Å². The molecule has 0 fully saturated rings. The predicted octanol–water partition coefficient (Wildman–Crippen LogP) is 4.68. The second kappa shape index (κ2) is 10.4. The van der Waals surface area contributed by atoms with Gasteiger partial charge in [-0.2, -0.15) is 0 Å². The molecule has 1 amide bonds. The minimum atomic E-state index is -0.553. The highest BCUT2D eigenvalue weighted by Gasteiger charge is 2.24. The fourth-order valence-electron chi connectivity index (χ4n) is 3.60. The molecule has 1 heterocycles. The first-order valence-corrected chi connectivity index (χ1v) is 11.1. The molecule has 9 nitrogen and oxygen atoms in total. The number of nitro groups is 1. The van der Waals surface area contributed by atoms with Crippen LogP contribution in [0.1, 0.15) is 40.5 Å². The molecule has 3 aromatic rings. The molecule has 1 aromatic heterocycles. The summed E-state index contributed by atoms with van der Waals surface area (Å²) in [5.74, 6) is -0.640. The Morgan fingerprint density at radius 1 is 1.21 bits per heavy atom. The molecule has 0 radical (unpaired) electrons. The Morgan fingerprint density at radius 3 is 2.64 bits per heavy atom. The van der Waals surface area contributed by atoms with Gasteiger partial charge in [-0.15, -0.1) is 0 Å². The van der Waals surface area contributed by atoms with Crippen molar-refractivity contribution >= 4 is 49.8 Å². The number of Topliss-reactive ketones (excluding diaryl/α,β-unsaturated/α-hetero) is 1. The summed E-state index contributed by atoms with van der Waals surface area (Å²) in [7, 11) is 1.45. The van der Waals surface area contributed by atoms with Gasteiger partial charge in [-0.25, -0.2) is 0 Å². The number of hydrogen-bond acceptors (Lipinski definition) is 7. The quantitative estimate of drug-likeness (QED) is 0.214. The Hall–Kier alpha value is -3.53. The lowest BCUT2D eigenvalue weighted by atomic mass is 9.94. The Balaban J connectivity index is 1.84. The Bertz CT molecular complexity index is 1230. The minimum Gasteiger partial charge on any atom is -0.508 e. The van der Waals surface area contributed by atoms with Crippen LogP contribution in [-0.2, 0) is 0 Å². The third-order valence-electron chi connectivity index (χ3n) is 5.41. The monoisotopic (exact) mass is 514 g/mol. The van der Waals surface area contributed by atoms with E-state index in [1.807, 2.05) is 6.92 Å². The number of nitrogens with zero attached hydrogens (tertiary/aromatic N) is 2. The molecule has 0 saturated heterocycles. The molecule has 0 aliphatic rings. The second-order valence-corrected chi connectivity index (χ2v) is 8.47. The van der Waals surface area contributed by atoms with E-state index in [0.717, 1.165) is 0 Å². The van der Waals surface area contributed by atoms with Crippen molar-refractivity contribution in [3.05, 3.63) is 68.4 Å². The van der Waals surface area contributed by atoms with Gasteiger partial charge in [0.05, 0.1) is 10.5 Å². The van der Waals surface area contributed by atoms with Gasteiger partial charge in [-0.05, 0) is 35.6 Å². The number of phenols is 1. The highest BCUT2D eigenvalue weighted by atomic mass is 79.9. The zero-order chi connectivity index (χ0) is 24.1. The minimum absolute atomic E-state index is 0.0903. The van der Waals surface area contributed by atoms with E-state index >= 15 is 0 Å². The summed E-state index contributed by atoms with van der Waals surface area (Å²) >= 11 is 3.21. The largest absolute Gasteiger partial charge is 0.508 e. The lowest BCUT2D eigenvalue weighted by molar-refractivity contribution is -0.384. The number of ketones is 1. The number of carbonyl (C=O) groups is 2. The molecule has 1 atom stereocenters. The first-order valence-electron chi connectivity index (χ1n) is 10.3. The van der Waals surface area contributed by atoms with Crippen LogP contribution < -0.4 is 10.6 Å². The average molecular weight is 515 g/mol. The fourth-order valence-corrected chi connectivity index (χ4v) is 4.05. The number of carbonyl (C=O) groups excluding carboxylic acids is 2. The molecule has 0 spiro atoms. The summed E-state index contributed by atoms with van der Waals surface area (Å²) < 4.78 is 0.412. The molecule has 2 aromatic carbocycles. The van der Waals surface area contributed by atoms with Crippen LogP contribution in [0.3, 0.4) is 0 Å². The van der Waals surface area contributed by atoms with Gasteiger partial charge in [-0.1, -0.05) is 29.3 Å². The number of phenolic OH excluding ortho intramolecular Hbond substituents is 1. The maximum Gasteiger partial charge on any atom is 0.294 e. The summed E-state index contributed by atoms with van der Waals surface area (Å²) in [4.78, 5) is 40.5. The van der Waals surface area contributed by atoms with Crippen LogP contribution in [-0.4, -0.2) is 40.3 Å². The van der Waals surface area contributed by atoms with Gasteiger partial charge >= 0.3 is 0 Å². The number of hydrogen-bond donors (Lipinski definition) is 3. The summed E-state index contributed by atoms with van der Waals surface area (Å²) in [5, 5.41) is 28.2. The zero-order valence-electron chi connectivity index (χ0n) is 18.1. The maximum absolute atomic E-state index is 13.1. The Kier molecular flexibility index (Phi) is 7.59. The van der Waals surface area contributed by atoms with E-state index in [9.17, 15) is 24.8 Å². The molecular weight excluding hydrogens is 492 g/mol. The van der Waals surface area contributed by atoms with Crippen LogP contribution in [0.5, 0.6) is 5.75 Å². The molecule has 33 heavy (non-hydrogen) atoms. The lowest BCUT2D eigenvalue weighted by Gasteiger charge is -2.18. The van der Waals surface area contributed by atoms with E-state index in [1.165, 1.54) is 31.4 Å². The number of nitrogens with one attached hydrogen (secondary N) is 2. The third kappa shape index (κ3) is 5.46. The number of fused-ring (bicyclic) bond motifs is 1. The van der Waals surface area contributed by atoms with Crippen LogP contribution in [0, 0.1) is 16.0 Å². The molecule has 0 bridgehead atoms. The van der Waals surface area contributed by atoms with Crippen molar-refractivity contribution in [2.75, 3.05) is 18.9 Å². The first kappa shape index (κ1) is 24.1. The van der Waals surface area contributed by atoms with Gasteiger partial charge in [0.2, 0.25) is 0 Å². The van der Waals surface area contributed by atoms with Crippen LogP contribution in [0.15, 0.2) is 47.2 Å². The summed E-state index contributed by atoms with van der Waals surface area (Å²) in [5.41, 5.74) is 0.461. The van der Waals surface area contributed by atoms with E-state index in [0.29, 0.717) is 27.2 Å². The number of amides is 1. The van der Waals surface area contributed by atoms with E-state index < -0.39 is 10.8 Å². The first-order chi connectivity index (χ1) is 15.7. The highest BCUT2D eigenvalue weighted by molar-refractivity contribution is 9.10. The molecule has 0 saturated carbocycles. The molecular formula is C23H23BrN4O5. The fraction of sp³-hybridized carbons (Fsp3) is 0.261. The zero-order valence-corrected chi connectivity index (χ0v) is 19.7. The van der Waals surface area contributed by atoms with Crippen molar-refractivity contribution in [2.24, 2.45) is 5.92 Å². The van der Waals surface area contributed by atoms with Crippen molar-refractivity contribution in [3.63, 3.8) is 0 Å². The standard InChI is InChI=1S/C23H23BrN4O5/c1-3-13(6-21(30)19-12-26-11-14-7-16(29)4-5-17(14)19)10-27-22-18(23(31)25-2)8-15(24)9-20(22)28(32)33/h4-5,7-9,11-13,27,29H,3,6,10H2,1-2H3,(H,25,31). The molecule has 10 heteroatoms. The van der Waals surface area contributed by atoms with Crippen LogP contribution in [0.4, 0.5) is 11.4 Å². The van der Waals surface area contributed by atoms with E-state index in [2.05, 4.69) is 31.5 Å². The van der Waals surface area contributed by atoms with Crippen molar-refractivity contribution < 1.29 is 19.6 Å². The van der Waals surface area contributed by atoms with Crippen molar-refractivity contribution in [2.45, 2.75) is 19.8 Å². The number of rotatable bonds is 9. The molecule has 1 unspecified atom stereocenters. The number of aromatic hydroxyl groups is 1. The number of aromatic nitrogens is 1. The second-order valence-electron chi connectivity index (χ2n) is 7.56. The summed E-state index contributed by atoms with van der Waals surface area (Å²) in [6, 6.07) is 7.59. The van der Waals surface area contributed by atoms with Crippen LogP contribution in [0.25, 0.3) is 10.8 Å². The number of anilines is 1. The molecule has 0 aliphatic heterocycles. The number of benzene rings is 2. The van der Waals surface area contributed by atoms with Gasteiger partial charge in [0.15, 0.2) is 5.78 Å². The lowest BCUT2D eigenvalue weighted by Crippen LogP contribution is -2.23. The van der Waals surface area contributed by atoms with Gasteiger partial charge in [0.25, 0.3) is 11.6 Å².